The van der Waals surface area contributed by atoms with Gasteiger partial charge in [0.05, 0.1) is 13.2 Å². The van der Waals surface area contributed by atoms with Gasteiger partial charge in [0.15, 0.2) is 5.96 Å². The third-order valence-corrected chi connectivity index (χ3v) is 5.42. The first kappa shape index (κ1) is 20.5. The van der Waals surface area contributed by atoms with Gasteiger partial charge in [0, 0.05) is 38.8 Å². The fourth-order valence-electron chi connectivity index (χ4n) is 3.62. The van der Waals surface area contributed by atoms with Crippen molar-refractivity contribution in [3.63, 3.8) is 0 Å². The van der Waals surface area contributed by atoms with Crippen LogP contribution in [0.3, 0.4) is 0 Å². The molecule has 2 rings (SSSR count). The number of piperidine rings is 1. The lowest BCUT2D eigenvalue weighted by molar-refractivity contribution is 0.0372. The topological polar surface area (TPSA) is 52.1 Å². The summed E-state index contributed by atoms with van der Waals surface area (Å²) in [5.74, 6) is 0.927. The van der Waals surface area contributed by atoms with Crippen molar-refractivity contribution in [3.8, 4) is 0 Å². The fraction of sp³-hybridized carbons (Fsp3) is 0.947. The minimum atomic E-state index is 0.175. The van der Waals surface area contributed by atoms with Crippen LogP contribution in [0, 0.1) is 0 Å². The van der Waals surface area contributed by atoms with Gasteiger partial charge in [0.1, 0.15) is 0 Å². The number of hydrogen-bond donors (Lipinski definition) is 2. The first-order chi connectivity index (χ1) is 12.1. The number of unbranched alkanes of at least 4 members (excludes halogenated alkanes) is 1. The highest BCUT2D eigenvalue weighted by molar-refractivity contribution is 5.79. The molecular weight excluding hydrogens is 314 g/mol. The Bertz CT molecular complexity index is 387. The summed E-state index contributed by atoms with van der Waals surface area (Å²) >= 11 is 0. The molecule has 2 fully saturated rings. The van der Waals surface area contributed by atoms with Crippen LogP contribution in [0.1, 0.15) is 46.0 Å². The molecule has 25 heavy (non-hydrogen) atoms. The average Bonchev–Trinajstić information content (AvgIpc) is 2.65. The summed E-state index contributed by atoms with van der Waals surface area (Å²) in [7, 11) is 1.86. The second-order valence-corrected chi connectivity index (χ2v) is 7.87. The standard InChI is InChI=1S/C19H39N5O/c1-19(2,24-11-6-4-7-12-24)17-22-18(20-3)21-9-5-8-10-23-13-15-25-16-14-23/h4-17H2,1-3H3,(H2,20,21,22). The van der Waals surface area contributed by atoms with Crippen LogP contribution < -0.4 is 10.6 Å². The second-order valence-electron chi connectivity index (χ2n) is 7.87. The summed E-state index contributed by atoms with van der Waals surface area (Å²) in [6.45, 7) is 14.2. The Kier molecular flexibility index (Phi) is 8.99. The normalized spacial score (nSPS) is 21.3. The third kappa shape index (κ3) is 7.50. The van der Waals surface area contributed by atoms with Crippen molar-refractivity contribution in [2.75, 3.05) is 66.1 Å². The van der Waals surface area contributed by atoms with E-state index in [4.69, 9.17) is 4.74 Å². The van der Waals surface area contributed by atoms with E-state index in [1.165, 1.54) is 51.7 Å². The number of rotatable bonds is 8. The molecule has 0 aromatic carbocycles. The van der Waals surface area contributed by atoms with Crippen LogP contribution in [0.2, 0.25) is 0 Å². The maximum Gasteiger partial charge on any atom is 0.191 e. The van der Waals surface area contributed by atoms with Crippen LogP contribution in [-0.2, 0) is 4.74 Å². The Morgan fingerprint density at radius 1 is 1.00 bits per heavy atom. The number of nitrogens with one attached hydrogen (secondary N) is 2. The van der Waals surface area contributed by atoms with Crippen molar-refractivity contribution in [2.45, 2.75) is 51.5 Å². The van der Waals surface area contributed by atoms with E-state index in [1.54, 1.807) is 0 Å². The molecule has 0 unspecified atom stereocenters. The Balaban J connectivity index is 1.58. The molecule has 0 atom stereocenters. The van der Waals surface area contributed by atoms with Gasteiger partial charge in [0.2, 0.25) is 0 Å². The van der Waals surface area contributed by atoms with E-state index in [9.17, 15) is 0 Å². The van der Waals surface area contributed by atoms with Crippen molar-refractivity contribution in [1.29, 1.82) is 0 Å². The van der Waals surface area contributed by atoms with Crippen molar-refractivity contribution < 1.29 is 4.74 Å². The second kappa shape index (κ2) is 11.0. The summed E-state index contributed by atoms with van der Waals surface area (Å²) in [5, 5.41) is 6.98. The van der Waals surface area contributed by atoms with Crippen LogP contribution in [0.15, 0.2) is 4.99 Å². The molecular formula is C19H39N5O. The molecule has 2 aliphatic rings. The monoisotopic (exact) mass is 353 g/mol. The predicted molar refractivity (Wildman–Crippen MR) is 105 cm³/mol. The number of hydrogen-bond acceptors (Lipinski definition) is 4. The van der Waals surface area contributed by atoms with Gasteiger partial charge in [-0.05, 0) is 59.2 Å². The van der Waals surface area contributed by atoms with Crippen molar-refractivity contribution >= 4 is 5.96 Å². The third-order valence-electron chi connectivity index (χ3n) is 5.42. The summed E-state index contributed by atoms with van der Waals surface area (Å²) in [6, 6.07) is 0. The predicted octanol–water partition coefficient (Wildman–Crippen LogP) is 1.53. The highest BCUT2D eigenvalue weighted by Gasteiger charge is 2.27. The molecule has 0 radical (unpaired) electrons. The van der Waals surface area contributed by atoms with Gasteiger partial charge in [-0.3, -0.25) is 14.8 Å². The molecule has 146 valence electrons. The zero-order valence-corrected chi connectivity index (χ0v) is 16.6. The maximum absolute atomic E-state index is 5.39. The summed E-state index contributed by atoms with van der Waals surface area (Å²) in [6.07, 6.45) is 6.45. The highest BCUT2D eigenvalue weighted by Crippen LogP contribution is 2.19. The average molecular weight is 354 g/mol. The summed E-state index contributed by atoms with van der Waals surface area (Å²) in [5.41, 5.74) is 0.175. The molecule has 0 aliphatic carbocycles. The Morgan fingerprint density at radius 3 is 2.40 bits per heavy atom. The summed E-state index contributed by atoms with van der Waals surface area (Å²) in [4.78, 5) is 9.48. The van der Waals surface area contributed by atoms with Gasteiger partial charge in [-0.2, -0.15) is 0 Å². The number of morpholine rings is 1. The minimum Gasteiger partial charge on any atom is -0.379 e. The molecule has 0 aromatic rings. The van der Waals surface area contributed by atoms with Gasteiger partial charge in [0.25, 0.3) is 0 Å². The smallest absolute Gasteiger partial charge is 0.191 e. The zero-order valence-electron chi connectivity index (χ0n) is 16.6. The molecule has 2 aliphatic heterocycles. The number of likely N-dealkylation sites (tertiary alicyclic amines) is 1. The lowest BCUT2D eigenvalue weighted by Crippen LogP contribution is -2.54. The number of guanidine groups is 1. The molecule has 6 nitrogen and oxygen atoms in total. The highest BCUT2D eigenvalue weighted by atomic mass is 16.5. The van der Waals surface area contributed by atoms with E-state index in [0.717, 1.165) is 45.4 Å². The molecule has 0 aromatic heterocycles. The van der Waals surface area contributed by atoms with Crippen LogP contribution >= 0.6 is 0 Å². The van der Waals surface area contributed by atoms with Gasteiger partial charge >= 0.3 is 0 Å². The molecule has 2 heterocycles. The quantitative estimate of drug-likeness (QED) is 0.394. The van der Waals surface area contributed by atoms with Crippen LogP contribution in [0.4, 0.5) is 0 Å². The Labute approximate surface area is 154 Å². The van der Waals surface area contributed by atoms with E-state index < -0.39 is 0 Å². The van der Waals surface area contributed by atoms with Gasteiger partial charge in [-0.25, -0.2) is 0 Å². The summed E-state index contributed by atoms with van der Waals surface area (Å²) < 4.78 is 5.39. The fourth-order valence-corrected chi connectivity index (χ4v) is 3.62. The zero-order chi connectivity index (χ0) is 18.0. The molecule has 2 saturated heterocycles. The van der Waals surface area contributed by atoms with Crippen molar-refractivity contribution in [1.82, 2.24) is 20.4 Å². The largest absolute Gasteiger partial charge is 0.379 e. The lowest BCUT2D eigenvalue weighted by atomic mass is 9.98. The molecule has 0 spiro atoms. The Hall–Kier alpha value is -0.850. The van der Waals surface area contributed by atoms with Crippen LogP contribution in [0.25, 0.3) is 0 Å². The van der Waals surface area contributed by atoms with Crippen LogP contribution in [-0.4, -0.2) is 87.4 Å². The first-order valence-corrected chi connectivity index (χ1v) is 10.1. The maximum atomic E-state index is 5.39. The van der Waals surface area contributed by atoms with E-state index in [2.05, 4.69) is 39.3 Å². The minimum absolute atomic E-state index is 0.175. The van der Waals surface area contributed by atoms with Gasteiger partial charge in [-0.1, -0.05) is 6.42 Å². The SMILES string of the molecule is CN=C(NCCCCN1CCOCC1)NCC(C)(C)N1CCCCC1. The van der Waals surface area contributed by atoms with E-state index in [1.807, 2.05) is 7.05 Å². The van der Waals surface area contributed by atoms with Crippen molar-refractivity contribution in [3.05, 3.63) is 0 Å². The number of nitrogens with zero attached hydrogens (tertiary/aromatic N) is 3. The van der Waals surface area contributed by atoms with Gasteiger partial charge < -0.3 is 15.4 Å². The molecule has 0 saturated carbocycles. The molecule has 0 bridgehead atoms. The number of ether oxygens (including phenoxy) is 1. The van der Waals surface area contributed by atoms with E-state index >= 15 is 0 Å². The van der Waals surface area contributed by atoms with Crippen molar-refractivity contribution in [2.24, 2.45) is 4.99 Å². The van der Waals surface area contributed by atoms with E-state index in [0.29, 0.717) is 0 Å². The van der Waals surface area contributed by atoms with E-state index in [-0.39, 0.29) is 5.54 Å². The number of aliphatic imine (C=N–C) groups is 1. The molecule has 2 N–H and O–H groups in total. The Morgan fingerprint density at radius 2 is 1.72 bits per heavy atom. The first-order valence-electron chi connectivity index (χ1n) is 10.1. The van der Waals surface area contributed by atoms with Gasteiger partial charge in [-0.15, -0.1) is 0 Å². The molecule has 0 amide bonds. The lowest BCUT2D eigenvalue weighted by Gasteiger charge is -2.41. The van der Waals surface area contributed by atoms with Crippen LogP contribution in [0.5, 0.6) is 0 Å². The molecule has 6 heteroatoms.